The van der Waals surface area contributed by atoms with Crippen LogP contribution in [0.25, 0.3) is 10.8 Å². The van der Waals surface area contributed by atoms with Crippen molar-refractivity contribution >= 4 is 16.7 Å². The van der Waals surface area contributed by atoms with Gasteiger partial charge in [-0.1, -0.05) is 48.5 Å². The number of benzene rings is 2. The zero-order valence-electron chi connectivity index (χ0n) is 8.05. The van der Waals surface area contributed by atoms with Crippen molar-refractivity contribution in [3.63, 3.8) is 0 Å². The second-order valence-corrected chi connectivity index (χ2v) is 2.80. The molecule has 0 radical (unpaired) electrons. The van der Waals surface area contributed by atoms with E-state index in [9.17, 15) is 0 Å². The molecule has 0 saturated carbocycles. The number of hydrogen-bond donors (Lipinski definition) is 1. The summed E-state index contributed by atoms with van der Waals surface area (Å²) in [5, 5.41) is 10.1. The lowest BCUT2D eigenvalue weighted by Gasteiger charge is -1.92. The third-order valence-electron chi connectivity index (χ3n) is 1.78. The van der Waals surface area contributed by atoms with Crippen molar-refractivity contribution in [2.75, 3.05) is 0 Å². The van der Waals surface area contributed by atoms with Crippen molar-refractivity contribution in [3.8, 4) is 12.3 Å². The Morgan fingerprint density at radius 2 is 1.27 bits per heavy atom. The summed E-state index contributed by atoms with van der Waals surface area (Å²) < 4.78 is 0. The second-order valence-electron chi connectivity index (χ2n) is 2.80. The highest BCUT2D eigenvalue weighted by atomic mass is 16.4. The maximum atomic E-state index is 9.13. The van der Waals surface area contributed by atoms with Crippen molar-refractivity contribution in [1.29, 1.82) is 0 Å². The number of hydrogen-bond acceptors (Lipinski definition) is 1. The van der Waals surface area contributed by atoms with Crippen LogP contribution in [0.15, 0.2) is 48.5 Å². The fourth-order valence-electron chi connectivity index (χ4n) is 1.13. The quantitative estimate of drug-likeness (QED) is 0.660. The lowest BCUT2D eigenvalue weighted by molar-refractivity contribution is -0.130. The van der Waals surface area contributed by atoms with Gasteiger partial charge < -0.3 is 5.11 Å². The summed E-state index contributed by atoms with van der Waals surface area (Å²) in [4.78, 5) is 9.13. The molecule has 2 rings (SSSR count). The summed E-state index contributed by atoms with van der Waals surface area (Å²) in [6.45, 7) is 0. The summed E-state index contributed by atoms with van der Waals surface area (Å²) >= 11 is 0. The van der Waals surface area contributed by atoms with Crippen LogP contribution in [-0.4, -0.2) is 11.1 Å². The summed E-state index contributed by atoms with van der Waals surface area (Å²) in [6.07, 6.45) is 4.32. The Kier molecular flexibility index (Phi) is 3.93. The van der Waals surface area contributed by atoms with Gasteiger partial charge in [-0.2, -0.15) is 0 Å². The van der Waals surface area contributed by atoms with Gasteiger partial charge in [-0.25, -0.2) is 4.79 Å². The minimum atomic E-state index is -1.22. The van der Waals surface area contributed by atoms with Gasteiger partial charge in [-0.3, -0.25) is 0 Å². The lowest BCUT2D eigenvalue weighted by atomic mass is 10.1. The highest BCUT2D eigenvalue weighted by Crippen LogP contribution is 2.11. The zero-order valence-corrected chi connectivity index (χ0v) is 8.05. The first kappa shape index (κ1) is 10.8. The van der Waals surface area contributed by atoms with E-state index in [1.165, 1.54) is 16.7 Å². The largest absolute Gasteiger partial charge is 0.472 e. The third-order valence-corrected chi connectivity index (χ3v) is 1.78. The van der Waals surface area contributed by atoms with E-state index < -0.39 is 5.97 Å². The number of terminal acetylenes is 1. The molecular weight excluding hydrogens is 188 g/mol. The molecule has 2 aromatic rings. The van der Waals surface area contributed by atoms with Crippen LogP contribution in [0.3, 0.4) is 0 Å². The normalized spacial score (nSPS) is 8.47. The molecule has 1 N–H and O–H groups in total. The van der Waals surface area contributed by atoms with Crippen LogP contribution in [0.4, 0.5) is 0 Å². The minimum absolute atomic E-state index is 1.22. The van der Waals surface area contributed by atoms with Crippen LogP contribution in [0.5, 0.6) is 0 Å². The number of carboxylic acid groups (broad SMARTS) is 1. The van der Waals surface area contributed by atoms with Crippen LogP contribution >= 0.6 is 0 Å². The summed E-state index contributed by atoms with van der Waals surface area (Å²) in [6, 6.07) is 16.7. The van der Waals surface area contributed by atoms with E-state index in [-0.39, 0.29) is 0 Å². The fourth-order valence-corrected chi connectivity index (χ4v) is 1.13. The summed E-state index contributed by atoms with van der Waals surface area (Å²) in [5.41, 5.74) is 0. The monoisotopic (exact) mass is 198 g/mol. The Hall–Kier alpha value is -2.27. The van der Waals surface area contributed by atoms with E-state index in [2.05, 4.69) is 55.0 Å². The van der Waals surface area contributed by atoms with E-state index in [1.807, 2.05) is 0 Å². The smallest absolute Gasteiger partial charge is 0.381 e. The summed E-state index contributed by atoms with van der Waals surface area (Å²) in [5.74, 6) is 0.227. The van der Waals surface area contributed by atoms with Crippen molar-refractivity contribution in [2.45, 2.75) is 0 Å². The molecule has 0 unspecified atom stereocenters. The average Bonchev–Trinajstić information content (AvgIpc) is 2.30. The maximum Gasteiger partial charge on any atom is 0.381 e. The van der Waals surface area contributed by atoms with E-state index >= 15 is 0 Å². The Morgan fingerprint density at radius 1 is 1.00 bits per heavy atom. The van der Waals surface area contributed by atoms with Gasteiger partial charge in [0.2, 0.25) is 0 Å². The highest BCUT2D eigenvalue weighted by molar-refractivity contribution is 5.85. The van der Waals surface area contributed by atoms with Gasteiger partial charge in [0.25, 0.3) is 0 Å². The molecule has 74 valence electrons. The first-order valence-electron chi connectivity index (χ1n) is 4.37. The van der Waals surface area contributed by atoms with Crippen molar-refractivity contribution in [1.82, 2.24) is 0 Å². The SMILES string of the molecule is C#CC(=O)O.c1ccc2ccccc2c1. The van der Waals surface area contributed by atoms with Crippen LogP contribution in [-0.2, 0) is 4.79 Å². The Morgan fingerprint density at radius 3 is 1.47 bits per heavy atom. The number of carbonyl (C=O) groups is 1. The first-order valence-corrected chi connectivity index (χ1v) is 4.37. The van der Waals surface area contributed by atoms with Crippen LogP contribution < -0.4 is 0 Å². The average molecular weight is 198 g/mol. The van der Waals surface area contributed by atoms with E-state index in [4.69, 9.17) is 9.90 Å². The number of rotatable bonds is 0. The second kappa shape index (κ2) is 5.46. The predicted molar refractivity (Wildman–Crippen MR) is 60.4 cm³/mol. The van der Waals surface area contributed by atoms with Gasteiger partial charge in [-0.05, 0) is 10.8 Å². The fraction of sp³-hybridized carbons (Fsp3) is 0. The molecule has 15 heavy (non-hydrogen) atoms. The van der Waals surface area contributed by atoms with E-state index in [0.717, 1.165) is 0 Å². The molecule has 0 atom stereocenters. The van der Waals surface area contributed by atoms with Gasteiger partial charge >= 0.3 is 5.97 Å². The van der Waals surface area contributed by atoms with Gasteiger partial charge in [0.05, 0.1) is 0 Å². The molecule has 0 aliphatic rings. The van der Waals surface area contributed by atoms with Crippen LogP contribution in [0, 0.1) is 12.3 Å². The number of carboxylic acids is 1. The Balaban J connectivity index is 0.000000195. The molecule has 0 spiro atoms. The minimum Gasteiger partial charge on any atom is -0.472 e. The molecule has 2 nitrogen and oxygen atoms in total. The zero-order chi connectivity index (χ0) is 11.1. The molecule has 0 amide bonds. The van der Waals surface area contributed by atoms with Gasteiger partial charge in [0.1, 0.15) is 0 Å². The van der Waals surface area contributed by atoms with Crippen molar-refractivity contribution in [2.24, 2.45) is 0 Å². The number of fused-ring (bicyclic) bond motifs is 1. The van der Waals surface area contributed by atoms with Crippen LogP contribution in [0.1, 0.15) is 0 Å². The molecule has 0 heterocycles. The number of aliphatic carboxylic acids is 1. The molecule has 0 saturated heterocycles. The predicted octanol–water partition coefficient (Wildman–Crippen LogP) is 2.54. The highest BCUT2D eigenvalue weighted by Gasteiger charge is 1.85. The van der Waals surface area contributed by atoms with Gasteiger partial charge in [0.15, 0.2) is 0 Å². The van der Waals surface area contributed by atoms with E-state index in [0.29, 0.717) is 0 Å². The Bertz CT molecular complexity index is 430. The first-order chi connectivity index (χ1) is 7.24. The standard InChI is InChI=1S/C10H8.C3H2O2/c1-2-6-10-8-4-3-7-9(10)5-1;1-2-3(4)5/h1-8H;1H,(H,4,5). The maximum absolute atomic E-state index is 9.13. The van der Waals surface area contributed by atoms with Gasteiger partial charge in [-0.15, -0.1) is 6.42 Å². The summed E-state index contributed by atoms with van der Waals surface area (Å²) in [7, 11) is 0. The molecule has 2 aromatic carbocycles. The van der Waals surface area contributed by atoms with Crippen LogP contribution in [0.2, 0.25) is 0 Å². The topological polar surface area (TPSA) is 37.3 Å². The molecular formula is C13H10O2. The Labute approximate surface area is 88.2 Å². The molecule has 0 aliphatic heterocycles. The lowest BCUT2D eigenvalue weighted by Crippen LogP contribution is -1.83. The molecule has 0 aromatic heterocycles. The third kappa shape index (κ3) is 3.53. The molecule has 0 bridgehead atoms. The van der Waals surface area contributed by atoms with E-state index in [1.54, 1.807) is 0 Å². The van der Waals surface area contributed by atoms with Crippen molar-refractivity contribution in [3.05, 3.63) is 48.5 Å². The van der Waals surface area contributed by atoms with Gasteiger partial charge in [0, 0.05) is 5.92 Å². The molecule has 0 aliphatic carbocycles. The van der Waals surface area contributed by atoms with Crippen molar-refractivity contribution < 1.29 is 9.90 Å². The molecule has 2 heteroatoms. The molecule has 0 fully saturated rings.